The molecule has 0 unspecified atom stereocenters. The van der Waals surface area contributed by atoms with Gasteiger partial charge in [0, 0.05) is 0 Å². The Morgan fingerprint density at radius 3 is 2.00 bits per heavy atom. The van der Waals surface area contributed by atoms with Crippen LogP contribution in [0.15, 0.2) is 0 Å². The first-order valence-corrected chi connectivity index (χ1v) is 3.39. The van der Waals surface area contributed by atoms with Crippen molar-refractivity contribution in [2.75, 3.05) is 0 Å². The minimum Gasteiger partial charge on any atom is -0.479 e. The summed E-state index contributed by atoms with van der Waals surface area (Å²) in [5.74, 6) is -1.70. The molecule has 7 heteroatoms. The summed E-state index contributed by atoms with van der Waals surface area (Å²) in [6.07, 6.45) is -5.81. The Labute approximate surface area is 73.4 Å². The van der Waals surface area contributed by atoms with Gasteiger partial charge in [-0.15, -0.1) is 0 Å². The van der Waals surface area contributed by atoms with Gasteiger partial charge < -0.3 is 31.0 Å². The lowest BCUT2D eigenvalue weighted by atomic mass is 10.0. The molecule has 0 aromatic heterocycles. The molecule has 0 saturated heterocycles. The van der Waals surface area contributed by atoms with E-state index in [2.05, 4.69) is 0 Å². The summed E-state index contributed by atoms with van der Waals surface area (Å²) in [7, 11) is 0. The number of carbonyl (C=O) groups is 2. The number of aldehydes is 1. The van der Waals surface area contributed by atoms with Gasteiger partial charge in [-0.1, -0.05) is 0 Å². The number of hydrogen-bond donors (Lipinski definition) is 5. The summed E-state index contributed by atoms with van der Waals surface area (Å²) in [4.78, 5) is 20.1. The lowest BCUT2D eigenvalue weighted by Gasteiger charge is -2.21. The first-order chi connectivity index (χ1) is 5.91. The van der Waals surface area contributed by atoms with E-state index in [4.69, 9.17) is 26.2 Å². The van der Waals surface area contributed by atoms with E-state index in [1.165, 1.54) is 0 Å². The molecule has 0 spiro atoms. The zero-order valence-electron chi connectivity index (χ0n) is 6.57. The molecule has 0 rings (SSSR count). The highest BCUT2D eigenvalue weighted by molar-refractivity contribution is 5.73. The van der Waals surface area contributed by atoms with Crippen LogP contribution >= 0.6 is 0 Å². The fourth-order valence-electron chi connectivity index (χ4n) is 0.641. The zero-order valence-corrected chi connectivity index (χ0v) is 6.57. The largest absolute Gasteiger partial charge is 0.479 e. The molecule has 0 heterocycles. The zero-order chi connectivity index (χ0) is 10.6. The van der Waals surface area contributed by atoms with E-state index < -0.39 is 30.3 Å². The molecule has 6 N–H and O–H groups in total. The molecule has 4 atom stereocenters. The number of nitrogens with two attached hydrogens (primary N) is 1. The monoisotopic (exact) mass is 193 g/mol. The second-order valence-electron chi connectivity index (χ2n) is 2.48. The lowest BCUT2D eigenvalue weighted by molar-refractivity contribution is -0.159. The molecule has 0 aliphatic rings. The predicted molar refractivity (Wildman–Crippen MR) is 39.7 cm³/mol. The SMILES string of the molecule is N[C@@H](C=O)[C@@H](O)[C@@H](O)[C@H](O)C(=O)O. The third kappa shape index (κ3) is 3.07. The Hall–Kier alpha value is -1.02. The molecule has 13 heavy (non-hydrogen) atoms. The van der Waals surface area contributed by atoms with E-state index in [1.807, 2.05) is 0 Å². The van der Waals surface area contributed by atoms with E-state index in [0.717, 1.165) is 0 Å². The van der Waals surface area contributed by atoms with Gasteiger partial charge >= 0.3 is 5.97 Å². The number of carboxylic acids is 1. The first kappa shape index (κ1) is 12.0. The lowest BCUT2D eigenvalue weighted by Crippen LogP contribution is -2.51. The molecular weight excluding hydrogens is 182 g/mol. The third-order valence-electron chi connectivity index (χ3n) is 1.48. The van der Waals surface area contributed by atoms with Gasteiger partial charge in [0.2, 0.25) is 0 Å². The van der Waals surface area contributed by atoms with Gasteiger partial charge in [0.15, 0.2) is 6.10 Å². The van der Waals surface area contributed by atoms with Crippen LogP contribution in [0.3, 0.4) is 0 Å². The van der Waals surface area contributed by atoms with Gasteiger partial charge in [-0.3, -0.25) is 0 Å². The summed E-state index contributed by atoms with van der Waals surface area (Å²) in [6, 6.07) is -1.43. The highest BCUT2D eigenvalue weighted by atomic mass is 16.4. The minimum absolute atomic E-state index is 0.141. The average Bonchev–Trinajstić information content (AvgIpc) is 2.12. The molecule has 0 aliphatic carbocycles. The van der Waals surface area contributed by atoms with Crippen molar-refractivity contribution in [3.05, 3.63) is 0 Å². The maximum absolute atomic E-state index is 10.1. The number of aliphatic hydroxyl groups excluding tert-OH is 3. The van der Waals surface area contributed by atoms with E-state index in [1.54, 1.807) is 0 Å². The van der Waals surface area contributed by atoms with Crippen molar-refractivity contribution in [1.82, 2.24) is 0 Å². The first-order valence-electron chi connectivity index (χ1n) is 3.39. The summed E-state index contributed by atoms with van der Waals surface area (Å²) in [6.45, 7) is 0. The second kappa shape index (κ2) is 4.87. The number of aliphatic hydroxyl groups is 3. The average molecular weight is 193 g/mol. The fraction of sp³-hybridized carbons (Fsp3) is 0.667. The molecule has 0 aliphatic heterocycles. The van der Waals surface area contributed by atoms with Gasteiger partial charge in [-0.05, 0) is 0 Å². The van der Waals surface area contributed by atoms with Crippen LogP contribution in [0.1, 0.15) is 0 Å². The number of rotatable bonds is 5. The van der Waals surface area contributed by atoms with E-state index in [0.29, 0.717) is 0 Å². The molecule has 0 fully saturated rings. The number of carbonyl (C=O) groups excluding carboxylic acids is 1. The maximum atomic E-state index is 10.1. The quantitative estimate of drug-likeness (QED) is 0.287. The normalized spacial score (nSPS) is 20.0. The van der Waals surface area contributed by atoms with Crippen molar-refractivity contribution in [2.45, 2.75) is 24.4 Å². The van der Waals surface area contributed by atoms with E-state index >= 15 is 0 Å². The Morgan fingerprint density at radius 2 is 1.69 bits per heavy atom. The van der Waals surface area contributed by atoms with Crippen molar-refractivity contribution < 1.29 is 30.0 Å². The minimum atomic E-state index is -2.17. The second-order valence-corrected chi connectivity index (χ2v) is 2.48. The summed E-state index contributed by atoms with van der Waals surface area (Å²) in [5.41, 5.74) is 4.97. The molecule has 0 aromatic rings. The van der Waals surface area contributed by atoms with Crippen molar-refractivity contribution in [3.8, 4) is 0 Å². The van der Waals surface area contributed by atoms with Crippen LogP contribution < -0.4 is 5.73 Å². The summed E-state index contributed by atoms with van der Waals surface area (Å²) in [5, 5.41) is 34.8. The van der Waals surface area contributed by atoms with Crippen molar-refractivity contribution in [2.24, 2.45) is 5.73 Å². The molecule has 0 amide bonds. The number of carboxylic acid groups (broad SMARTS) is 1. The van der Waals surface area contributed by atoms with Crippen LogP contribution in [0.25, 0.3) is 0 Å². The van der Waals surface area contributed by atoms with Crippen LogP contribution in [-0.4, -0.2) is 57.0 Å². The van der Waals surface area contributed by atoms with E-state index in [9.17, 15) is 9.59 Å². The number of hydrogen-bond acceptors (Lipinski definition) is 6. The van der Waals surface area contributed by atoms with Gasteiger partial charge in [-0.25, -0.2) is 4.79 Å². The van der Waals surface area contributed by atoms with Crippen LogP contribution in [0.2, 0.25) is 0 Å². The Balaban J connectivity index is 4.32. The van der Waals surface area contributed by atoms with Crippen LogP contribution in [0.5, 0.6) is 0 Å². The molecule has 76 valence electrons. The summed E-state index contributed by atoms with van der Waals surface area (Å²) < 4.78 is 0. The van der Waals surface area contributed by atoms with Crippen molar-refractivity contribution in [3.63, 3.8) is 0 Å². The van der Waals surface area contributed by atoms with Gasteiger partial charge in [0.1, 0.15) is 18.5 Å². The highest BCUT2D eigenvalue weighted by Gasteiger charge is 2.33. The van der Waals surface area contributed by atoms with Crippen LogP contribution in [-0.2, 0) is 9.59 Å². The molecule has 7 nitrogen and oxygen atoms in total. The van der Waals surface area contributed by atoms with Gasteiger partial charge in [0.25, 0.3) is 0 Å². The summed E-state index contributed by atoms with van der Waals surface area (Å²) >= 11 is 0. The van der Waals surface area contributed by atoms with Gasteiger partial charge in [-0.2, -0.15) is 0 Å². The van der Waals surface area contributed by atoms with Gasteiger partial charge in [0.05, 0.1) is 6.04 Å². The topological polar surface area (TPSA) is 141 Å². The third-order valence-corrected chi connectivity index (χ3v) is 1.48. The molecule has 0 saturated carbocycles. The molecule has 0 aromatic carbocycles. The smallest absolute Gasteiger partial charge is 0.335 e. The highest BCUT2D eigenvalue weighted by Crippen LogP contribution is 2.02. The standard InChI is InChI=1S/C6H11NO6/c7-2(1-8)3(9)4(10)5(11)6(12)13/h1-5,9-11H,7H2,(H,12,13)/t2-,3+,4+,5-/m0/s1. The van der Waals surface area contributed by atoms with Crippen LogP contribution in [0.4, 0.5) is 0 Å². The fourth-order valence-corrected chi connectivity index (χ4v) is 0.641. The molecule has 0 bridgehead atoms. The predicted octanol–water partition coefficient (Wildman–Crippen LogP) is -3.32. The Bertz CT molecular complexity index is 196. The molecule has 0 radical (unpaired) electrons. The number of aliphatic carboxylic acids is 1. The van der Waals surface area contributed by atoms with Crippen molar-refractivity contribution >= 4 is 12.3 Å². The Morgan fingerprint density at radius 1 is 1.23 bits per heavy atom. The maximum Gasteiger partial charge on any atom is 0.335 e. The molecular formula is C6H11NO6. The van der Waals surface area contributed by atoms with Crippen molar-refractivity contribution in [1.29, 1.82) is 0 Å². The van der Waals surface area contributed by atoms with E-state index in [-0.39, 0.29) is 6.29 Å². The van der Waals surface area contributed by atoms with Crippen LogP contribution in [0, 0.1) is 0 Å². The Kier molecular flexibility index (Phi) is 4.49.